The Morgan fingerprint density at radius 1 is 1.56 bits per heavy atom. The Kier molecular flexibility index (Phi) is 5.36. The van der Waals surface area contributed by atoms with Crippen LogP contribution < -0.4 is 5.32 Å². The molecule has 0 bridgehead atoms. The molecule has 1 saturated heterocycles. The van der Waals surface area contributed by atoms with Crippen molar-refractivity contribution in [2.75, 3.05) is 40.3 Å². The first-order valence-corrected chi connectivity index (χ1v) is 5.95. The van der Waals surface area contributed by atoms with E-state index in [4.69, 9.17) is 9.84 Å². The van der Waals surface area contributed by atoms with Crippen LogP contribution in [-0.2, 0) is 9.53 Å². The number of aliphatic carboxylic acids is 1. The second-order valence-electron chi connectivity index (χ2n) is 4.64. The van der Waals surface area contributed by atoms with Gasteiger partial charge in [0.05, 0.1) is 13.2 Å². The molecular formula is C11H21N3O4. The van der Waals surface area contributed by atoms with Gasteiger partial charge in [-0.25, -0.2) is 9.59 Å². The molecule has 104 valence electrons. The minimum absolute atomic E-state index is 0.0948. The van der Waals surface area contributed by atoms with Gasteiger partial charge in [-0.05, 0) is 21.0 Å². The van der Waals surface area contributed by atoms with Crippen molar-refractivity contribution in [3.8, 4) is 0 Å². The summed E-state index contributed by atoms with van der Waals surface area (Å²) in [4.78, 5) is 26.1. The molecule has 0 radical (unpaired) electrons. The van der Waals surface area contributed by atoms with Gasteiger partial charge in [0.2, 0.25) is 0 Å². The van der Waals surface area contributed by atoms with Crippen molar-refractivity contribution in [1.82, 2.24) is 15.1 Å². The van der Waals surface area contributed by atoms with E-state index in [0.29, 0.717) is 13.1 Å². The van der Waals surface area contributed by atoms with Crippen LogP contribution in [0, 0.1) is 0 Å². The largest absolute Gasteiger partial charge is 0.479 e. The van der Waals surface area contributed by atoms with E-state index in [2.05, 4.69) is 5.32 Å². The van der Waals surface area contributed by atoms with E-state index in [0.717, 1.165) is 0 Å². The van der Waals surface area contributed by atoms with Crippen LogP contribution in [0.25, 0.3) is 0 Å². The molecule has 2 unspecified atom stereocenters. The summed E-state index contributed by atoms with van der Waals surface area (Å²) >= 11 is 0. The van der Waals surface area contributed by atoms with Gasteiger partial charge in [-0.2, -0.15) is 0 Å². The molecular weight excluding hydrogens is 238 g/mol. The molecule has 0 spiro atoms. The molecule has 7 nitrogen and oxygen atoms in total. The lowest BCUT2D eigenvalue weighted by atomic mass is 10.3. The Hall–Kier alpha value is -1.34. The normalized spacial score (nSPS) is 21.8. The second-order valence-corrected chi connectivity index (χ2v) is 4.64. The zero-order valence-electron chi connectivity index (χ0n) is 11.0. The molecule has 0 aromatic heterocycles. The fourth-order valence-electron chi connectivity index (χ4n) is 1.51. The summed E-state index contributed by atoms with van der Waals surface area (Å²) < 4.78 is 5.05. The van der Waals surface area contributed by atoms with E-state index in [1.54, 1.807) is 0 Å². The topological polar surface area (TPSA) is 82.1 Å². The molecule has 0 aliphatic carbocycles. The van der Waals surface area contributed by atoms with Gasteiger partial charge in [0.15, 0.2) is 6.10 Å². The van der Waals surface area contributed by atoms with Gasteiger partial charge in [0.1, 0.15) is 0 Å². The van der Waals surface area contributed by atoms with Crippen LogP contribution in [0.15, 0.2) is 0 Å². The fourth-order valence-corrected chi connectivity index (χ4v) is 1.51. The summed E-state index contributed by atoms with van der Waals surface area (Å²) in [5.74, 6) is -1.03. The third-order valence-electron chi connectivity index (χ3n) is 3.06. The third kappa shape index (κ3) is 4.15. The number of rotatable bonds is 4. The van der Waals surface area contributed by atoms with Crippen LogP contribution in [0.1, 0.15) is 6.92 Å². The predicted molar refractivity (Wildman–Crippen MR) is 65.5 cm³/mol. The number of morpholine rings is 1. The molecule has 1 aliphatic rings. The molecule has 1 heterocycles. The van der Waals surface area contributed by atoms with E-state index in [-0.39, 0.29) is 25.2 Å². The van der Waals surface area contributed by atoms with Gasteiger partial charge in [0, 0.05) is 19.1 Å². The highest BCUT2D eigenvalue weighted by atomic mass is 16.5. The average molecular weight is 259 g/mol. The maximum absolute atomic E-state index is 11.8. The highest BCUT2D eigenvalue weighted by molar-refractivity contribution is 5.77. The number of likely N-dealkylation sites (N-methyl/N-ethyl adjacent to an activating group) is 1. The van der Waals surface area contributed by atoms with Crippen molar-refractivity contribution in [2.45, 2.75) is 19.1 Å². The van der Waals surface area contributed by atoms with Crippen LogP contribution in [0.3, 0.4) is 0 Å². The number of nitrogens with zero attached hydrogens (tertiary/aromatic N) is 2. The first kappa shape index (κ1) is 14.7. The quantitative estimate of drug-likeness (QED) is 0.706. The first-order chi connectivity index (χ1) is 8.41. The number of ether oxygens (including phenoxy) is 1. The maximum atomic E-state index is 11.8. The minimum atomic E-state index is -1.03. The number of carbonyl (C=O) groups excluding carboxylic acids is 1. The van der Waals surface area contributed by atoms with E-state index in [9.17, 15) is 9.59 Å². The van der Waals surface area contributed by atoms with Gasteiger partial charge in [-0.15, -0.1) is 0 Å². The Bertz CT molecular complexity index is 309. The molecule has 2 atom stereocenters. The molecule has 18 heavy (non-hydrogen) atoms. The number of urea groups is 1. The molecule has 0 aromatic carbocycles. The Morgan fingerprint density at radius 3 is 2.78 bits per heavy atom. The third-order valence-corrected chi connectivity index (χ3v) is 3.06. The lowest BCUT2D eigenvalue weighted by Crippen LogP contribution is -2.53. The highest BCUT2D eigenvalue weighted by Gasteiger charge is 2.28. The van der Waals surface area contributed by atoms with Gasteiger partial charge in [-0.3, -0.25) is 0 Å². The smallest absolute Gasteiger partial charge is 0.334 e. The molecule has 0 saturated carbocycles. The monoisotopic (exact) mass is 259 g/mol. The molecule has 2 N–H and O–H groups in total. The van der Waals surface area contributed by atoms with Gasteiger partial charge < -0.3 is 25.0 Å². The molecule has 7 heteroatoms. The lowest BCUT2D eigenvalue weighted by Gasteiger charge is -2.31. The molecule has 1 rings (SSSR count). The summed E-state index contributed by atoms with van der Waals surface area (Å²) in [5, 5.41) is 11.6. The number of carboxylic acids is 1. The summed E-state index contributed by atoms with van der Waals surface area (Å²) in [7, 11) is 3.87. The van der Waals surface area contributed by atoms with Gasteiger partial charge in [-0.1, -0.05) is 0 Å². The van der Waals surface area contributed by atoms with Crippen LogP contribution in [0.2, 0.25) is 0 Å². The maximum Gasteiger partial charge on any atom is 0.334 e. The molecule has 1 aliphatic heterocycles. The van der Waals surface area contributed by atoms with Crippen LogP contribution in [0.5, 0.6) is 0 Å². The Balaban J connectivity index is 2.39. The number of hydrogen-bond acceptors (Lipinski definition) is 4. The number of amides is 2. The van der Waals surface area contributed by atoms with Crippen LogP contribution >= 0.6 is 0 Å². The van der Waals surface area contributed by atoms with E-state index < -0.39 is 12.1 Å². The lowest BCUT2D eigenvalue weighted by molar-refractivity contribution is -0.154. The summed E-state index contributed by atoms with van der Waals surface area (Å²) in [6, 6.07) is -0.0106. The fraction of sp³-hybridized carbons (Fsp3) is 0.818. The molecule has 1 fully saturated rings. The van der Waals surface area contributed by atoms with Crippen LogP contribution in [-0.4, -0.2) is 79.4 Å². The summed E-state index contributed by atoms with van der Waals surface area (Å²) in [5.41, 5.74) is 0. The van der Waals surface area contributed by atoms with Crippen molar-refractivity contribution in [3.05, 3.63) is 0 Å². The Labute approximate surface area is 107 Å². The minimum Gasteiger partial charge on any atom is -0.479 e. The van der Waals surface area contributed by atoms with E-state index in [1.807, 2.05) is 25.9 Å². The van der Waals surface area contributed by atoms with E-state index >= 15 is 0 Å². The van der Waals surface area contributed by atoms with Crippen LogP contribution in [0.4, 0.5) is 4.79 Å². The van der Waals surface area contributed by atoms with Crippen molar-refractivity contribution >= 4 is 12.0 Å². The van der Waals surface area contributed by atoms with E-state index in [1.165, 1.54) is 4.90 Å². The average Bonchev–Trinajstić information content (AvgIpc) is 2.35. The van der Waals surface area contributed by atoms with Crippen molar-refractivity contribution in [3.63, 3.8) is 0 Å². The zero-order chi connectivity index (χ0) is 13.7. The number of carboxylic acid groups (broad SMARTS) is 1. The van der Waals surface area contributed by atoms with Gasteiger partial charge in [0.25, 0.3) is 0 Å². The number of hydrogen-bond donors (Lipinski definition) is 2. The van der Waals surface area contributed by atoms with Crippen molar-refractivity contribution < 1.29 is 19.4 Å². The van der Waals surface area contributed by atoms with Crippen molar-refractivity contribution in [2.24, 2.45) is 0 Å². The van der Waals surface area contributed by atoms with Crippen molar-refractivity contribution in [1.29, 1.82) is 0 Å². The molecule has 0 aromatic rings. The predicted octanol–water partition coefficient (Wildman–Crippen LogP) is -0.568. The number of nitrogens with one attached hydrogen (secondary N) is 1. The SMILES string of the molecule is CC(CNC(=O)N1CCOC(C(=O)O)C1)N(C)C. The summed E-state index contributed by atoms with van der Waals surface area (Å²) in [6.07, 6.45) is -0.921. The number of carbonyl (C=O) groups is 2. The first-order valence-electron chi connectivity index (χ1n) is 5.95. The summed E-state index contributed by atoms with van der Waals surface area (Å²) in [6.45, 7) is 3.30. The Morgan fingerprint density at radius 2 is 2.22 bits per heavy atom. The second kappa shape index (κ2) is 6.55. The highest BCUT2D eigenvalue weighted by Crippen LogP contribution is 2.05. The zero-order valence-corrected chi connectivity index (χ0v) is 11.0. The van der Waals surface area contributed by atoms with Gasteiger partial charge >= 0.3 is 12.0 Å². The molecule has 2 amide bonds. The standard InChI is InChI=1S/C11H21N3O4/c1-8(13(2)3)6-12-11(17)14-4-5-18-9(7-14)10(15)16/h8-9H,4-7H2,1-3H3,(H,12,17)(H,15,16).